The lowest BCUT2D eigenvalue weighted by Gasteiger charge is -2.26. The van der Waals surface area contributed by atoms with Gasteiger partial charge in [-0.05, 0) is 29.2 Å². The molecule has 4 rings (SSSR count). The molecule has 3 heteroatoms. The molecule has 102 valence electrons. The van der Waals surface area contributed by atoms with Gasteiger partial charge in [0.15, 0.2) is 0 Å². The highest BCUT2D eigenvalue weighted by atomic mass is 16.1. The van der Waals surface area contributed by atoms with Gasteiger partial charge in [0, 0.05) is 12.5 Å². The molecule has 2 fully saturated rings. The number of rotatable bonds is 1. The molecule has 2 aromatic carbocycles. The first-order chi connectivity index (χ1) is 9.84. The molecule has 2 aliphatic rings. The van der Waals surface area contributed by atoms with E-state index in [-0.39, 0.29) is 12.0 Å². The van der Waals surface area contributed by atoms with E-state index < -0.39 is 0 Å². The number of ketones is 1. The standard InChI is InChI=1S/C17H18N2O/c20-15-10-4-9-14-16(15)17(19-18-14)13-8-3-6-11-5-1-2-7-12(11)13/h1-3,5-8,14,16-19H,4,9-10H2. The highest BCUT2D eigenvalue weighted by Gasteiger charge is 2.43. The van der Waals surface area contributed by atoms with Gasteiger partial charge in [-0.1, -0.05) is 42.5 Å². The first-order valence-electron chi connectivity index (χ1n) is 7.36. The van der Waals surface area contributed by atoms with Gasteiger partial charge >= 0.3 is 0 Å². The van der Waals surface area contributed by atoms with E-state index >= 15 is 0 Å². The van der Waals surface area contributed by atoms with Gasteiger partial charge in [-0.2, -0.15) is 0 Å². The number of Topliss-reactive ketones (excluding diaryl/α,β-unsaturated/α-hetero) is 1. The van der Waals surface area contributed by atoms with Crippen LogP contribution >= 0.6 is 0 Å². The number of hydrogen-bond acceptors (Lipinski definition) is 3. The summed E-state index contributed by atoms with van der Waals surface area (Å²) in [5.74, 6) is 0.478. The van der Waals surface area contributed by atoms with Gasteiger partial charge in [-0.25, -0.2) is 5.43 Å². The molecular weight excluding hydrogens is 248 g/mol. The first kappa shape index (κ1) is 12.1. The summed E-state index contributed by atoms with van der Waals surface area (Å²) in [6, 6.07) is 15.1. The highest BCUT2D eigenvalue weighted by Crippen LogP contribution is 2.38. The van der Waals surface area contributed by atoms with E-state index in [0.717, 1.165) is 19.3 Å². The van der Waals surface area contributed by atoms with E-state index in [1.165, 1.54) is 16.3 Å². The van der Waals surface area contributed by atoms with Crippen molar-refractivity contribution in [2.24, 2.45) is 5.92 Å². The fourth-order valence-corrected chi connectivity index (χ4v) is 3.73. The van der Waals surface area contributed by atoms with Gasteiger partial charge in [0.25, 0.3) is 0 Å². The fraction of sp³-hybridized carbons (Fsp3) is 0.353. The summed E-state index contributed by atoms with van der Waals surface area (Å²) in [6.07, 6.45) is 2.83. The summed E-state index contributed by atoms with van der Waals surface area (Å²) in [4.78, 5) is 12.3. The van der Waals surface area contributed by atoms with Crippen LogP contribution in [0.5, 0.6) is 0 Å². The van der Waals surface area contributed by atoms with E-state index in [2.05, 4.69) is 53.3 Å². The Labute approximate surface area is 118 Å². The largest absolute Gasteiger partial charge is 0.299 e. The summed E-state index contributed by atoms with van der Waals surface area (Å²) in [5, 5.41) is 2.48. The van der Waals surface area contributed by atoms with Gasteiger partial charge < -0.3 is 0 Å². The zero-order valence-electron chi connectivity index (χ0n) is 11.3. The first-order valence-corrected chi connectivity index (χ1v) is 7.36. The third-order valence-corrected chi connectivity index (χ3v) is 4.69. The average Bonchev–Trinajstić information content (AvgIpc) is 2.92. The second-order valence-electron chi connectivity index (χ2n) is 5.83. The van der Waals surface area contributed by atoms with Crippen molar-refractivity contribution in [1.82, 2.24) is 10.9 Å². The maximum Gasteiger partial charge on any atom is 0.139 e. The van der Waals surface area contributed by atoms with Crippen molar-refractivity contribution in [2.45, 2.75) is 31.3 Å². The minimum atomic E-state index is 0.0783. The van der Waals surface area contributed by atoms with Crippen LogP contribution in [0.4, 0.5) is 0 Å². The monoisotopic (exact) mass is 266 g/mol. The Morgan fingerprint density at radius 1 is 1.00 bits per heavy atom. The molecule has 1 aliphatic heterocycles. The van der Waals surface area contributed by atoms with Crippen LogP contribution in [-0.2, 0) is 4.79 Å². The van der Waals surface area contributed by atoms with Crippen LogP contribution in [0.15, 0.2) is 42.5 Å². The Morgan fingerprint density at radius 3 is 2.80 bits per heavy atom. The normalized spacial score (nSPS) is 29.6. The smallest absolute Gasteiger partial charge is 0.139 e. The molecule has 1 saturated carbocycles. The second kappa shape index (κ2) is 4.69. The summed E-state index contributed by atoms with van der Waals surface area (Å²) in [6.45, 7) is 0. The quantitative estimate of drug-likeness (QED) is 0.834. The average molecular weight is 266 g/mol. The minimum Gasteiger partial charge on any atom is -0.299 e. The summed E-state index contributed by atoms with van der Waals surface area (Å²) in [7, 11) is 0. The molecule has 3 unspecified atom stereocenters. The predicted molar refractivity (Wildman–Crippen MR) is 79.1 cm³/mol. The van der Waals surface area contributed by atoms with Crippen molar-refractivity contribution in [3.8, 4) is 0 Å². The van der Waals surface area contributed by atoms with Gasteiger partial charge in [-0.3, -0.25) is 10.2 Å². The topological polar surface area (TPSA) is 41.1 Å². The van der Waals surface area contributed by atoms with Crippen molar-refractivity contribution in [1.29, 1.82) is 0 Å². The molecule has 3 atom stereocenters. The molecule has 0 bridgehead atoms. The zero-order valence-corrected chi connectivity index (χ0v) is 11.3. The third kappa shape index (κ3) is 1.78. The molecule has 0 aromatic heterocycles. The maximum absolute atomic E-state index is 12.3. The molecule has 2 N–H and O–H groups in total. The van der Waals surface area contributed by atoms with Gasteiger partial charge in [0.05, 0.1) is 12.0 Å². The molecule has 0 amide bonds. The van der Waals surface area contributed by atoms with Crippen molar-refractivity contribution in [3.05, 3.63) is 48.0 Å². The van der Waals surface area contributed by atoms with Crippen molar-refractivity contribution >= 4 is 16.6 Å². The van der Waals surface area contributed by atoms with Crippen LogP contribution in [-0.4, -0.2) is 11.8 Å². The molecular formula is C17H18N2O. The van der Waals surface area contributed by atoms with Gasteiger partial charge in [0.1, 0.15) is 5.78 Å². The Balaban J connectivity index is 1.81. The number of carbonyl (C=O) groups excluding carboxylic acids is 1. The van der Waals surface area contributed by atoms with Crippen molar-refractivity contribution in [3.63, 3.8) is 0 Å². The predicted octanol–water partition coefficient (Wildman–Crippen LogP) is 2.73. The molecule has 1 heterocycles. The summed E-state index contributed by atoms with van der Waals surface area (Å²) in [5.41, 5.74) is 7.93. The molecule has 3 nitrogen and oxygen atoms in total. The van der Waals surface area contributed by atoms with E-state index in [9.17, 15) is 4.79 Å². The van der Waals surface area contributed by atoms with Crippen LogP contribution in [0.2, 0.25) is 0 Å². The summed E-state index contributed by atoms with van der Waals surface area (Å²) >= 11 is 0. The highest BCUT2D eigenvalue weighted by molar-refractivity contribution is 5.88. The minimum absolute atomic E-state index is 0.0783. The Hall–Kier alpha value is -1.71. The van der Waals surface area contributed by atoms with Crippen LogP contribution in [0, 0.1) is 5.92 Å². The van der Waals surface area contributed by atoms with Crippen LogP contribution in [0.25, 0.3) is 10.8 Å². The van der Waals surface area contributed by atoms with Crippen LogP contribution in [0.3, 0.4) is 0 Å². The molecule has 0 radical (unpaired) electrons. The number of nitrogens with one attached hydrogen (secondary N) is 2. The number of carbonyl (C=O) groups is 1. The number of benzene rings is 2. The lowest BCUT2D eigenvalue weighted by molar-refractivity contribution is -0.125. The van der Waals surface area contributed by atoms with Crippen LogP contribution < -0.4 is 10.9 Å². The SMILES string of the molecule is O=C1CCCC2NNC(c3cccc4ccccc34)C12. The van der Waals surface area contributed by atoms with E-state index in [1.807, 2.05) is 0 Å². The van der Waals surface area contributed by atoms with Crippen molar-refractivity contribution in [2.75, 3.05) is 0 Å². The van der Waals surface area contributed by atoms with E-state index in [4.69, 9.17) is 0 Å². The molecule has 1 aliphatic carbocycles. The number of hydrazine groups is 1. The molecule has 20 heavy (non-hydrogen) atoms. The molecule has 1 saturated heterocycles. The zero-order chi connectivity index (χ0) is 13.5. The molecule has 0 spiro atoms. The Kier molecular flexibility index (Phi) is 2.83. The lowest BCUT2D eigenvalue weighted by atomic mass is 9.78. The van der Waals surface area contributed by atoms with Crippen molar-refractivity contribution < 1.29 is 4.79 Å². The number of fused-ring (bicyclic) bond motifs is 2. The van der Waals surface area contributed by atoms with Gasteiger partial charge in [0.2, 0.25) is 0 Å². The maximum atomic E-state index is 12.3. The second-order valence-corrected chi connectivity index (χ2v) is 5.83. The van der Waals surface area contributed by atoms with Gasteiger partial charge in [-0.15, -0.1) is 0 Å². The lowest BCUT2D eigenvalue weighted by Crippen LogP contribution is -2.36. The van der Waals surface area contributed by atoms with Crippen LogP contribution in [0.1, 0.15) is 30.9 Å². The van der Waals surface area contributed by atoms with E-state index in [1.54, 1.807) is 0 Å². The number of hydrogen-bond donors (Lipinski definition) is 2. The Morgan fingerprint density at radius 2 is 1.85 bits per heavy atom. The molecule has 2 aromatic rings. The summed E-state index contributed by atoms with van der Waals surface area (Å²) < 4.78 is 0. The fourth-order valence-electron chi connectivity index (χ4n) is 3.73. The Bertz CT molecular complexity index is 662. The third-order valence-electron chi connectivity index (χ3n) is 4.69. The van der Waals surface area contributed by atoms with E-state index in [0.29, 0.717) is 11.8 Å².